The molecule has 1 saturated carbocycles. The normalized spacial score (nSPS) is 14.7. The van der Waals surface area contributed by atoms with Crippen LogP contribution in [0.4, 0.5) is 10.2 Å². The van der Waals surface area contributed by atoms with Crippen molar-refractivity contribution in [2.45, 2.75) is 38.1 Å². The topological polar surface area (TPSA) is 73.4 Å². The van der Waals surface area contributed by atoms with Gasteiger partial charge < -0.3 is 9.26 Å². The molecule has 4 rings (SSSR count). The van der Waals surface area contributed by atoms with E-state index < -0.39 is 5.82 Å². The van der Waals surface area contributed by atoms with Crippen molar-refractivity contribution >= 4 is 11.7 Å². The van der Waals surface area contributed by atoms with Gasteiger partial charge in [0.05, 0.1) is 19.3 Å². The van der Waals surface area contributed by atoms with Crippen molar-refractivity contribution < 1.29 is 18.4 Å². The highest BCUT2D eigenvalue weighted by Gasteiger charge is 2.25. The van der Waals surface area contributed by atoms with E-state index in [4.69, 9.17) is 9.26 Å². The maximum Gasteiger partial charge on any atom is 0.297 e. The Hall–Kier alpha value is -3.16. The highest BCUT2D eigenvalue weighted by atomic mass is 19.1. The summed E-state index contributed by atoms with van der Waals surface area (Å²) in [6.45, 7) is 0. The van der Waals surface area contributed by atoms with Crippen LogP contribution in [-0.4, -0.2) is 35.0 Å². The molecule has 0 radical (unpaired) electrons. The van der Waals surface area contributed by atoms with Crippen LogP contribution in [0.1, 0.15) is 48.7 Å². The van der Waals surface area contributed by atoms with Gasteiger partial charge >= 0.3 is 0 Å². The molecule has 1 fully saturated rings. The lowest BCUT2D eigenvalue weighted by atomic mass is 9.96. The van der Waals surface area contributed by atoms with Crippen LogP contribution in [0.5, 0.6) is 5.75 Å². The molecule has 2 aromatic heterocycles. The lowest BCUT2D eigenvalue weighted by Crippen LogP contribution is -2.29. The van der Waals surface area contributed by atoms with E-state index in [1.54, 1.807) is 25.4 Å². The van der Waals surface area contributed by atoms with Crippen molar-refractivity contribution in [2.24, 2.45) is 0 Å². The van der Waals surface area contributed by atoms with E-state index in [-0.39, 0.29) is 17.4 Å². The van der Waals surface area contributed by atoms with E-state index in [1.165, 1.54) is 43.4 Å². The molecule has 0 spiro atoms. The van der Waals surface area contributed by atoms with Gasteiger partial charge in [-0.05, 0) is 31.0 Å². The Balaban J connectivity index is 1.56. The third kappa shape index (κ3) is 3.74. The van der Waals surface area contributed by atoms with Crippen molar-refractivity contribution in [1.82, 2.24) is 14.9 Å². The van der Waals surface area contributed by atoms with Gasteiger partial charge in [0.2, 0.25) is 5.76 Å². The lowest BCUT2D eigenvalue weighted by molar-refractivity contribution is 0.0955. The minimum absolute atomic E-state index is 0.0992. The number of methoxy groups -OCH3 is 1. The van der Waals surface area contributed by atoms with E-state index in [9.17, 15) is 9.18 Å². The van der Waals surface area contributed by atoms with Gasteiger partial charge in [-0.25, -0.2) is 9.07 Å². The maximum absolute atomic E-state index is 13.6. The summed E-state index contributed by atoms with van der Waals surface area (Å²) < 4.78 is 25.8. The highest BCUT2D eigenvalue weighted by molar-refractivity contribution is 6.03. The van der Waals surface area contributed by atoms with Crippen LogP contribution in [0.2, 0.25) is 0 Å². The van der Waals surface area contributed by atoms with Gasteiger partial charge in [-0.1, -0.05) is 24.4 Å². The summed E-state index contributed by atoms with van der Waals surface area (Å²) in [5, 5.41) is 8.41. The van der Waals surface area contributed by atoms with Crippen molar-refractivity contribution in [1.29, 1.82) is 0 Å². The predicted molar refractivity (Wildman–Crippen MR) is 106 cm³/mol. The molecule has 152 valence electrons. The number of hydrogen-bond acceptors (Lipinski definition) is 5. The van der Waals surface area contributed by atoms with E-state index in [0.717, 1.165) is 18.7 Å². The molecule has 1 aromatic carbocycles. The largest absolute Gasteiger partial charge is 0.494 e. The third-order valence-corrected chi connectivity index (χ3v) is 5.39. The molecule has 8 heteroatoms. The van der Waals surface area contributed by atoms with Gasteiger partial charge in [0.1, 0.15) is 11.5 Å². The van der Waals surface area contributed by atoms with Crippen molar-refractivity contribution in [3.63, 3.8) is 0 Å². The van der Waals surface area contributed by atoms with Crippen LogP contribution >= 0.6 is 0 Å². The number of nitrogens with zero attached hydrogens (tertiary/aromatic N) is 4. The first-order valence-electron chi connectivity index (χ1n) is 9.70. The maximum atomic E-state index is 13.6. The Labute approximate surface area is 168 Å². The quantitative estimate of drug-likeness (QED) is 0.634. The van der Waals surface area contributed by atoms with Crippen LogP contribution < -0.4 is 9.64 Å². The Kier molecular flexibility index (Phi) is 5.33. The van der Waals surface area contributed by atoms with Crippen molar-refractivity contribution in [3.8, 4) is 17.0 Å². The Morgan fingerprint density at radius 3 is 2.79 bits per heavy atom. The third-order valence-electron chi connectivity index (χ3n) is 5.39. The van der Waals surface area contributed by atoms with Crippen molar-refractivity contribution in [3.05, 3.63) is 48.1 Å². The van der Waals surface area contributed by atoms with Gasteiger partial charge in [0.25, 0.3) is 5.91 Å². The fourth-order valence-electron chi connectivity index (χ4n) is 3.78. The number of rotatable bonds is 5. The average molecular weight is 398 g/mol. The first-order chi connectivity index (χ1) is 14.1. The van der Waals surface area contributed by atoms with Crippen LogP contribution in [0.15, 0.2) is 41.1 Å². The molecule has 0 saturated heterocycles. The molecule has 0 atom stereocenters. The number of amides is 1. The molecular formula is C21H23FN4O3. The number of benzene rings is 1. The number of aromatic nitrogens is 3. The smallest absolute Gasteiger partial charge is 0.297 e. The summed E-state index contributed by atoms with van der Waals surface area (Å²) in [5.41, 5.74) is 1.03. The van der Waals surface area contributed by atoms with E-state index in [0.29, 0.717) is 17.3 Å². The highest BCUT2D eigenvalue weighted by Crippen LogP contribution is 2.32. The standard InChI is InChI=1S/C21H23FN4O3/c1-25(20-10-11-23-26(20)15-6-4-3-5-7-15)21(27)19-13-17(24-29-19)14-8-9-16(22)18(12-14)28-2/h8-13,15H,3-7H2,1-2H3. The minimum atomic E-state index is -0.466. The van der Waals surface area contributed by atoms with Gasteiger partial charge in [0, 0.05) is 24.7 Å². The number of carbonyl (C=O) groups excluding carboxylic acids is 1. The molecular weight excluding hydrogens is 375 g/mol. The predicted octanol–water partition coefficient (Wildman–Crippen LogP) is 4.47. The van der Waals surface area contributed by atoms with E-state index in [1.807, 2.05) is 10.7 Å². The Bertz CT molecular complexity index is 1010. The average Bonchev–Trinajstić information content (AvgIpc) is 3.44. The van der Waals surface area contributed by atoms with E-state index in [2.05, 4.69) is 10.3 Å². The number of anilines is 1. The second kappa shape index (κ2) is 8.06. The minimum Gasteiger partial charge on any atom is -0.494 e. The molecule has 0 unspecified atom stereocenters. The number of halogens is 1. The van der Waals surface area contributed by atoms with Crippen LogP contribution in [-0.2, 0) is 0 Å². The number of carbonyl (C=O) groups is 1. The summed E-state index contributed by atoms with van der Waals surface area (Å²) in [5.74, 6) is 0.138. The van der Waals surface area contributed by atoms with Crippen LogP contribution in [0.25, 0.3) is 11.3 Å². The summed E-state index contributed by atoms with van der Waals surface area (Å²) in [6, 6.07) is 8.05. The fourth-order valence-corrected chi connectivity index (χ4v) is 3.78. The molecule has 29 heavy (non-hydrogen) atoms. The zero-order valence-electron chi connectivity index (χ0n) is 16.5. The zero-order valence-corrected chi connectivity index (χ0v) is 16.5. The molecule has 0 N–H and O–H groups in total. The van der Waals surface area contributed by atoms with Gasteiger partial charge in [-0.15, -0.1) is 0 Å². The SMILES string of the molecule is COc1cc(-c2cc(C(=O)N(C)c3ccnn3C3CCCCC3)on2)ccc1F. The van der Waals surface area contributed by atoms with Crippen LogP contribution in [0.3, 0.4) is 0 Å². The molecule has 1 amide bonds. The second-order valence-corrected chi connectivity index (χ2v) is 7.22. The summed E-state index contributed by atoms with van der Waals surface area (Å²) in [7, 11) is 3.09. The van der Waals surface area contributed by atoms with Crippen molar-refractivity contribution in [2.75, 3.05) is 19.1 Å². The van der Waals surface area contributed by atoms with Gasteiger partial charge in [-0.3, -0.25) is 9.69 Å². The monoisotopic (exact) mass is 398 g/mol. The molecule has 2 heterocycles. The van der Waals surface area contributed by atoms with Crippen LogP contribution in [0, 0.1) is 5.82 Å². The van der Waals surface area contributed by atoms with Gasteiger partial charge in [-0.2, -0.15) is 5.10 Å². The lowest BCUT2D eigenvalue weighted by Gasteiger charge is -2.26. The number of ether oxygens (including phenoxy) is 1. The molecule has 1 aliphatic carbocycles. The Morgan fingerprint density at radius 1 is 1.24 bits per heavy atom. The summed E-state index contributed by atoms with van der Waals surface area (Å²) >= 11 is 0. The molecule has 1 aliphatic rings. The molecule has 3 aromatic rings. The molecule has 0 bridgehead atoms. The zero-order chi connectivity index (χ0) is 20.4. The van der Waals surface area contributed by atoms with E-state index >= 15 is 0 Å². The Morgan fingerprint density at radius 2 is 2.03 bits per heavy atom. The molecule has 7 nitrogen and oxygen atoms in total. The van der Waals surface area contributed by atoms with Gasteiger partial charge in [0.15, 0.2) is 11.6 Å². The fraction of sp³-hybridized carbons (Fsp3) is 0.381. The first-order valence-corrected chi connectivity index (χ1v) is 9.70. The first kappa shape index (κ1) is 19.2. The molecule has 0 aliphatic heterocycles. The summed E-state index contributed by atoms with van der Waals surface area (Å²) in [6.07, 6.45) is 7.44. The second-order valence-electron chi connectivity index (χ2n) is 7.22. The summed E-state index contributed by atoms with van der Waals surface area (Å²) in [4.78, 5) is 14.5. The number of hydrogen-bond donors (Lipinski definition) is 0.